The predicted octanol–water partition coefficient (Wildman–Crippen LogP) is 2.95. The first-order valence-electron chi connectivity index (χ1n) is 34.5. The Morgan fingerprint density at radius 1 is 0.306 bits per heavy atom. The van der Waals surface area contributed by atoms with Gasteiger partial charge < -0.3 is 96.7 Å². The quantitative estimate of drug-likeness (QED) is 0.0335. The Morgan fingerprint density at radius 3 is 0.704 bits per heavy atom. The highest BCUT2D eigenvalue weighted by Crippen LogP contribution is 2.40. The minimum Gasteiger partial charge on any atom is -0.354 e. The number of rotatable bonds is 28. The molecule has 0 saturated heterocycles. The summed E-state index contributed by atoms with van der Waals surface area (Å²) in [6, 6.07) is 27.7. The molecule has 7 aromatic rings. The number of aromatic nitrogens is 4. The fourth-order valence-corrected chi connectivity index (χ4v) is 11.2. The number of fused-ring (bicyclic) bond motifs is 8. The minimum atomic E-state index is -1.00. The van der Waals surface area contributed by atoms with Crippen molar-refractivity contribution >= 4 is 140 Å². The van der Waals surface area contributed by atoms with Crippen LogP contribution in [0.5, 0.6) is 0 Å². The molecule has 22 N–H and O–H groups in total. The summed E-state index contributed by atoms with van der Waals surface area (Å²) in [6.45, 7) is 9.89. The van der Waals surface area contributed by atoms with Crippen LogP contribution in [0.25, 0.3) is 90.9 Å². The van der Waals surface area contributed by atoms with Crippen LogP contribution >= 0.6 is 0 Å². The third-order valence-corrected chi connectivity index (χ3v) is 16.8. The molecule has 12 amide bonds. The molecule has 2 aliphatic rings. The number of aromatic amines is 2. The van der Waals surface area contributed by atoms with Gasteiger partial charge in [0.25, 0.3) is 0 Å². The van der Waals surface area contributed by atoms with Gasteiger partial charge in [-0.15, -0.1) is 0 Å². The maximum absolute atomic E-state index is 13.6. The Kier molecular flexibility index (Phi) is 26.1. The lowest BCUT2D eigenvalue weighted by molar-refractivity contribution is -0.129. The molecule has 5 heterocycles. The van der Waals surface area contributed by atoms with Crippen molar-refractivity contribution in [2.24, 2.45) is 22.9 Å². The lowest BCUT2D eigenvalue weighted by Gasteiger charge is -2.15. The number of nitrogens with zero attached hydrogens (tertiary/aromatic N) is 2. The normalized spacial score (nSPS) is 13.6. The molecule has 8 bridgehead atoms. The maximum atomic E-state index is 13.6. The lowest BCUT2D eigenvalue weighted by atomic mass is 10.0. The van der Waals surface area contributed by atoms with Crippen LogP contribution < -0.4 is 86.7 Å². The van der Waals surface area contributed by atoms with Gasteiger partial charge in [-0.1, -0.05) is 48.5 Å². The number of anilines is 4. The van der Waals surface area contributed by atoms with E-state index in [9.17, 15) is 57.5 Å². The first-order valence-corrected chi connectivity index (χ1v) is 34.5. The highest BCUT2D eigenvalue weighted by atomic mass is 16.2. The molecule has 108 heavy (non-hydrogen) atoms. The topological polar surface area (TPSA) is 511 Å². The van der Waals surface area contributed by atoms with Crippen LogP contribution in [0.4, 0.5) is 22.7 Å². The van der Waals surface area contributed by atoms with Crippen LogP contribution in [0.2, 0.25) is 0 Å². The van der Waals surface area contributed by atoms with Gasteiger partial charge >= 0.3 is 0 Å². The summed E-state index contributed by atoms with van der Waals surface area (Å²) in [6.07, 6.45) is 7.26. The summed E-state index contributed by atoms with van der Waals surface area (Å²) < 4.78 is 0. The number of benzene rings is 4. The molecule has 32 nitrogen and oxygen atoms in total. The summed E-state index contributed by atoms with van der Waals surface area (Å²) in [7, 11) is 0. The van der Waals surface area contributed by atoms with Crippen molar-refractivity contribution in [2.45, 2.75) is 104 Å². The van der Waals surface area contributed by atoms with E-state index in [1.54, 1.807) is 72.8 Å². The molecule has 0 fully saturated rings. The van der Waals surface area contributed by atoms with E-state index in [1.807, 2.05) is 72.8 Å². The fraction of sp³-hybridized carbons (Fsp3) is 0.263. The van der Waals surface area contributed by atoms with Crippen molar-refractivity contribution in [2.75, 3.05) is 47.4 Å². The fourth-order valence-electron chi connectivity index (χ4n) is 11.2. The van der Waals surface area contributed by atoms with Gasteiger partial charge in [0.1, 0.15) is 24.2 Å². The highest BCUT2D eigenvalue weighted by Gasteiger charge is 2.26. The van der Waals surface area contributed by atoms with E-state index in [4.69, 9.17) is 32.9 Å². The Bertz CT molecular complexity index is 4340. The monoisotopic (exact) mass is 1470 g/mol. The second-order valence-corrected chi connectivity index (χ2v) is 26.0. The molecule has 0 aliphatic carbocycles. The number of hydrogen-bond acceptors (Lipinski definition) is 18. The molecular weight excluding hydrogens is 1380 g/mol. The lowest BCUT2D eigenvalue weighted by Crippen LogP contribution is -2.50. The average Bonchev–Trinajstić information content (AvgIpc) is 1.60. The van der Waals surface area contributed by atoms with Gasteiger partial charge in [-0.05, 0) is 175 Å². The largest absolute Gasteiger partial charge is 0.354 e. The maximum Gasteiger partial charge on any atom is 0.243 e. The van der Waals surface area contributed by atoms with Crippen molar-refractivity contribution in [1.82, 2.24) is 62.5 Å². The number of nitrogens with two attached hydrogens (primary N) is 4. The zero-order chi connectivity index (χ0) is 78.2. The molecule has 562 valence electrons. The summed E-state index contributed by atoms with van der Waals surface area (Å²) in [5.41, 5.74) is 32.1. The molecule has 0 spiro atoms. The molecule has 0 unspecified atom stereocenters. The van der Waals surface area contributed by atoms with E-state index in [-0.39, 0.29) is 0 Å². The number of nitrogens with one attached hydrogen (secondary N) is 14. The highest BCUT2D eigenvalue weighted by molar-refractivity contribution is 6.05. The molecule has 3 aromatic heterocycles. The number of amides is 12. The predicted molar refractivity (Wildman–Crippen MR) is 412 cm³/mol. The summed E-state index contributed by atoms with van der Waals surface area (Å²) >= 11 is 0. The van der Waals surface area contributed by atoms with Crippen molar-refractivity contribution in [1.29, 1.82) is 0 Å². The Balaban J connectivity index is 1.21. The molecule has 0 saturated carbocycles. The smallest absolute Gasteiger partial charge is 0.243 e. The van der Waals surface area contributed by atoms with Crippen LogP contribution in [0.1, 0.15) is 78.2 Å². The van der Waals surface area contributed by atoms with E-state index >= 15 is 0 Å². The molecule has 32 heteroatoms. The van der Waals surface area contributed by atoms with Crippen molar-refractivity contribution in [3.63, 3.8) is 0 Å². The van der Waals surface area contributed by atoms with E-state index in [1.165, 1.54) is 55.4 Å². The Hall–Kier alpha value is -13.0. The van der Waals surface area contributed by atoms with Gasteiger partial charge in [0.2, 0.25) is 70.9 Å². The van der Waals surface area contributed by atoms with E-state index in [0.717, 1.165) is 0 Å². The van der Waals surface area contributed by atoms with Gasteiger partial charge in [-0.25, -0.2) is 9.97 Å². The van der Waals surface area contributed by atoms with E-state index in [2.05, 4.69) is 73.8 Å². The van der Waals surface area contributed by atoms with Crippen molar-refractivity contribution in [3.05, 3.63) is 144 Å². The molecule has 9 rings (SSSR count). The van der Waals surface area contributed by atoms with Gasteiger partial charge in [-0.3, -0.25) is 57.5 Å². The first kappa shape index (κ1) is 79.1. The van der Waals surface area contributed by atoms with Gasteiger partial charge in [0.15, 0.2) is 0 Å². The number of carbonyl (C=O) groups is 12. The number of carbonyl (C=O) groups excluding carboxylic acids is 12. The van der Waals surface area contributed by atoms with Crippen LogP contribution in [0, 0.1) is 0 Å². The zero-order valence-corrected chi connectivity index (χ0v) is 60.4. The van der Waals surface area contributed by atoms with E-state index < -0.39 is 145 Å². The molecule has 8 atom stereocenters. The van der Waals surface area contributed by atoms with Gasteiger partial charge in [0, 0.05) is 67.1 Å². The molecular formula is C76H86N20O12. The standard InChI is InChI=1S/C76H86N20O12/c1-37(77)69(101)85-41(5)73(105)81-33-61(97)89-49-17-9-13-45(29-49)65-53-21-23-55(93-53)66(46-14-10-18-50(30-46)90-62(98)34-82-74(106)42(6)86-70(102)38(2)78)57-25-27-59(95-57)68(48-16-12-20-52(32-48)92-64(100)36-84-76(108)44(8)88-72(104)40(4)80)60-28-26-58(96-60)67(56-24-22-54(65)94-56)47-15-11-19-51(31-47)91-63(99)35-83-75(107)43(7)87-71(103)39(3)79/h9-32,37-44,93,96H,33-36,77-80H2,1-8H3,(H,81,105)(H,82,106)(H,83,107)(H,84,108)(H,85,101)(H,86,102)(H,87,103)(H,88,104)(H,89,97)(H,90,98)(H,91,99)(H,92,100)/t37-,38-,39-,40-,41-,42-,43-,44-/m0/s1. The molecule has 0 radical (unpaired) electrons. The summed E-state index contributed by atoms with van der Waals surface area (Å²) in [4.78, 5) is 174. The van der Waals surface area contributed by atoms with Crippen LogP contribution in [0.3, 0.4) is 0 Å². The van der Waals surface area contributed by atoms with Gasteiger partial charge in [0.05, 0.1) is 73.1 Å². The number of H-pyrrole nitrogens is 2. The van der Waals surface area contributed by atoms with Crippen molar-refractivity contribution < 1.29 is 57.5 Å². The van der Waals surface area contributed by atoms with Crippen LogP contribution in [0.15, 0.2) is 121 Å². The third-order valence-electron chi connectivity index (χ3n) is 16.8. The Labute approximate surface area is 620 Å². The SMILES string of the molecule is C[C@H](N)C(=O)N[C@@H](C)C(=O)NCC(=O)Nc1cccc(-c2c3nc(c(-c4cccc(NC(=O)CNC(=O)[C@H](C)NC(=O)[C@H](C)N)c4)c4ccc([nH]4)c(-c4cccc(NC(=O)CNC(=O)[C@H](C)NC(=O)[C@H](C)N)c4)c4nc(c(-c5cccc(NC(=O)CNC(=O)[C@H](C)NC(=O)[C@H](C)N)c5)c5ccc2[nH]5)C=C4)C=C3)c1. The second kappa shape index (κ2) is 35.6. The van der Waals surface area contributed by atoms with Crippen LogP contribution in [-0.2, 0) is 57.5 Å². The summed E-state index contributed by atoms with van der Waals surface area (Å²) in [5, 5.41) is 31.6. The van der Waals surface area contributed by atoms with Crippen molar-refractivity contribution in [3.8, 4) is 44.5 Å². The Morgan fingerprint density at radius 2 is 0.509 bits per heavy atom. The molecule has 4 aromatic carbocycles. The van der Waals surface area contributed by atoms with Crippen LogP contribution in [-0.4, -0.2) is 165 Å². The number of hydrogen-bond donors (Lipinski definition) is 18. The van der Waals surface area contributed by atoms with E-state index in [0.29, 0.717) is 112 Å². The second-order valence-electron chi connectivity index (χ2n) is 26.0. The molecule has 2 aliphatic heterocycles. The first-order chi connectivity index (χ1) is 51.4. The van der Waals surface area contributed by atoms with Gasteiger partial charge in [-0.2, -0.15) is 0 Å². The minimum absolute atomic E-state index is 0.331. The third kappa shape index (κ3) is 20.7. The summed E-state index contributed by atoms with van der Waals surface area (Å²) in [5.74, 6) is -7.06. The zero-order valence-electron chi connectivity index (χ0n) is 60.4. The average molecular weight is 1470 g/mol.